The van der Waals surface area contributed by atoms with E-state index in [4.69, 9.17) is 11.6 Å². The monoisotopic (exact) mass is 284 g/mol. The zero-order chi connectivity index (χ0) is 13.8. The summed E-state index contributed by atoms with van der Waals surface area (Å²) in [4.78, 5) is 12.8. The van der Waals surface area contributed by atoms with Crippen LogP contribution in [0.25, 0.3) is 0 Å². The summed E-state index contributed by atoms with van der Waals surface area (Å²) in [5, 5.41) is 9.77. The van der Waals surface area contributed by atoms with Crippen molar-refractivity contribution < 1.29 is 5.11 Å². The topological polar surface area (TPSA) is 52.5 Å². The van der Waals surface area contributed by atoms with E-state index in [0.29, 0.717) is 16.8 Å². The number of aliphatic hydroxyl groups is 1. The van der Waals surface area contributed by atoms with Crippen molar-refractivity contribution in [2.45, 2.75) is 32.4 Å². The lowest BCUT2D eigenvalue weighted by molar-refractivity contribution is 0.220. The van der Waals surface area contributed by atoms with Crippen LogP contribution in [0.4, 0.5) is 5.82 Å². The Kier molecular flexibility index (Phi) is 4.96. The van der Waals surface area contributed by atoms with Crippen molar-refractivity contribution in [2.24, 2.45) is 0 Å². The molecule has 0 amide bonds. The molecule has 0 unspecified atom stereocenters. The van der Waals surface area contributed by atoms with Crippen LogP contribution in [0.15, 0.2) is 6.33 Å². The second-order valence-corrected chi connectivity index (χ2v) is 5.26. The summed E-state index contributed by atoms with van der Waals surface area (Å²) in [6.07, 6.45) is 3.67. The maximum absolute atomic E-state index is 9.43. The van der Waals surface area contributed by atoms with Gasteiger partial charge in [-0.25, -0.2) is 9.97 Å². The van der Waals surface area contributed by atoms with Gasteiger partial charge in [0, 0.05) is 26.2 Å². The second-order valence-electron chi connectivity index (χ2n) is 4.90. The predicted octanol–water partition coefficient (Wildman–Crippen LogP) is 1.54. The fourth-order valence-electron chi connectivity index (χ4n) is 2.62. The molecule has 0 spiro atoms. The summed E-state index contributed by atoms with van der Waals surface area (Å²) < 4.78 is 0. The fraction of sp³-hybridized carbons (Fsp3) is 0.692. The third-order valence-corrected chi connectivity index (χ3v) is 4.24. The summed E-state index contributed by atoms with van der Waals surface area (Å²) >= 11 is 6.01. The van der Waals surface area contributed by atoms with Gasteiger partial charge in [-0.1, -0.05) is 18.5 Å². The molecule has 1 aromatic rings. The van der Waals surface area contributed by atoms with Gasteiger partial charge in [0.1, 0.15) is 17.3 Å². The number of hydrogen-bond acceptors (Lipinski definition) is 5. The van der Waals surface area contributed by atoms with Crippen LogP contribution in [0.3, 0.4) is 0 Å². The fourth-order valence-corrected chi connectivity index (χ4v) is 2.81. The molecule has 0 bridgehead atoms. The summed E-state index contributed by atoms with van der Waals surface area (Å²) in [6.45, 7) is 5.39. The molecule has 2 heterocycles. The Bertz CT molecular complexity index is 421. The highest BCUT2D eigenvalue weighted by Gasteiger charge is 2.24. The van der Waals surface area contributed by atoms with Gasteiger partial charge in [-0.3, -0.25) is 0 Å². The third-order valence-electron chi connectivity index (χ3n) is 3.91. The van der Waals surface area contributed by atoms with E-state index in [1.807, 2.05) is 7.05 Å². The van der Waals surface area contributed by atoms with Gasteiger partial charge in [0.25, 0.3) is 0 Å². The molecule has 0 aliphatic carbocycles. The summed E-state index contributed by atoms with van der Waals surface area (Å²) in [6, 6.07) is 0.444. The summed E-state index contributed by atoms with van der Waals surface area (Å²) in [5.41, 5.74) is 0.615. The SMILES string of the molecule is CCN1CCC(N(C)c2ncnc(Cl)c2CO)CC1. The van der Waals surface area contributed by atoms with Crippen LogP contribution in [0.2, 0.25) is 5.15 Å². The van der Waals surface area contributed by atoms with E-state index in [-0.39, 0.29) is 6.61 Å². The molecule has 0 radical (unpaired) electrons. The molecule has 2 rings (SSSR count). The Labute approximate surface area is 119 Å². The number of likely N-dealkylation sites (tertiary alicyclic amines) is 1. The number of aliphatic hydroxyl groups excluding tert-OH is 1. The van der Waals surface area contributed by atoms with Gasteiger partial charge in [0.2, 0.25) is 0 Å². The molecule has 0 atom stereocenters. The molecule has 5 nitrogen and oxygen atoms in total. The minimum absolute atomic E-state index is 0.132. The van der Waals surface area contributed by atoms with Crippen molar-refractivity contribution in [3.05, 3.63) is 17.0 Å². The molecule has 0 aromatic carbocycles. The lowest BCUT2D eigenvalue weighted by Crippen LogP contribution is -2.43. The van der Waals surface area contributed by atoms with Gasteiger partial charge in [-0.15, -0.1) is 0 Å². The summed E-state index contributed by atoms with van der Waals surface area (Å²) in [5.74, 6) is 0.748. The van der Waals surface area contributed by atoms with Crippen LogP contribution < -0.4 is 4.90 Å². The van der Waals surface area contributed by atoms with Gasteiger partial charge in [-0.2, -0.15) is 0 Å². The number of rotatable bonds is 4. The zero-order valence-corrected chi connectivity index (χ0v) is 12.3. The average molecular weight is 285 g/mol. The normalized spacial score (nSPS) is 17.7. The number of piperidine rings is 1. The lowest BCUT2D eigenvalue weighted by Gasteiger charge is -2.37. The molecule has 1 saturated heterocycles. The van der Waals surface area contributed by atoms with E-state index in [9.17, 15) is 5.11 Å². The standard InChI is InChI=1S/C13H21ClN4O/c1-3-18-6-4-10(5-7-18)17(2)13-11(8-19)12(14)15-9-16-13/h9-10,19H,3-8H2,1-2H3. The molecule has 6 heteroatoms. The Morgan fingerprint density at radius 1 is 1.42 bits per heavy atom. The van der Waals surface area contributed by atoms with Gasteiger partial charge >= 0.3 is 0 Å². The van der Waals surface area contributed by atoms with Crippen molar-refractivity contribution in [3.8, 4) is 0 Å². The lowest BCUT2D eigenvalue weighted by atomic mass is 10.0. The van der Waals surface area contributed by atoms with Crippen LogP contribution in [0.1, 0.15) is 25.3 Å². The molecule has 1 aliphatic rings. The van der Waals surface area contributed by atoms with Crippen molar-refractivity contribution in [2.75, 3.05) is 31.6 Å². The number of nitrogens with zero attached hydrogens (tertiary/aromatic N) is 4. The first-order chi connectivity index (χ1) is 9.17. The first-order valence-corrected chi connectivity index (χ1v) is 7.10. The molecular weight excluding hydrogens is 264 g/mol. The maximum atomic E-state index is 9.43. The Morgan fingerprint density at radius 3 is 2.68 bits per heavy atom. The van der Waals surface area contributed by atoms with E-state index < -0.39 is 0 Å². The van der Waals surface area contributed by atoms with Crippen LogP contribution in [-0.2, 0) is 6.61 Å². The molecule has 1 aliphatic heterocycles. The predicted molar refractivity (Wildman–Crippen MR) is 76.5 cm³/mol. The zero-order valence-electron chi connectivity index (χ0n) is 11.5. The van der Waals surface area contributed by atoms with E-state index in [0.717, 1.165) is 38.3 Å². The Balaban J connectivity index is 2.12. The van der Waals surface area contributed by atoms with Crippen LogP contribution in [-0.4, -0.2) is 52.7 Å². The summed E-state index contributed by atoms with van der Waals surface area (Å²) in [7, 11) is 2.02. The van der Waals surface area contributed by atoms with Crippen molar-refractivity contribution >= 4 is 17.4 Å². The van der Waals surface area contributed by atoms with Gasteiger partial charge in [0.05, 0.1) is 12.2 Å². The molecule has 1 fully saturated rings. The number of hydrogen-bond donors (Lipinski definition) is 1. The third kappa shape index (κ3) is 3.16. The highest BCUT2D eigenvalue weighted by atomic mass is 35.5. The van der Waals surface area contributed by atoms with Crippen molar-refractivity contribution in [1.82, 2.24) is 14.9 Å². The molecule has 1 aromatic heterocycles. The van der Waals surface area contributed by atoms with E-state index >= 15 is 0 Å². The molecular formula is C13H21ClN4O. The van der Waals surface area contributed by atoms with E-state index in [1.165, 1.54) is 6.33 Å². The van der Waals surface area contributed by atoms with Gasteiger partial charge < -0.3 is 14.9 Å². The highest BCUT2D eigenvalue weighted by molar-refractivity contribution is 6.30. The second kappa shape index (κ2) is 6.50. The maximum Gasteiger partial charge on any atom is 0.140 e. The largest absolute Gasteiger partial charge is 0.391 e. The van der Waals surface area contributed by atoms with E-state index in [1.54, 1.807) is 0 Å². The van der Waals surface area contributed by atoms with Crippen molar-refractivity contribution in [1.29, 1.82) is 0 Å². The van der Waals surface area contributed by atoms with Gasteiger partial charge in [-0.05, 0) is 19.4 Å². The van der Waals surface area contributed by atoms with Crippen LogP contribution in [0.5, 0.6) is 0 Å². The smallest absolute Gasteiger partial charge is 0.140 e. The molecule has 106 valence electrons. The molecule has 0 saturated carbocycles. The number of aromatic nitrogens is 2. The Hall–Kier alpha value is -0.910. The molecule has 1 N–H and O–H groups in total. The minimum atomic E-state index is -0.132. The highest BCUT2D eigenvalue weighted by Crippen LogP contribution is 2.26. The number of halogens is 1. The van der Waals surface area contributed by atoms with Gasteiger partial charge in [0.15, 0.2) is 0 Å². The first kappa shape index (κ1) is 14.5. The van der Waals surface area contributed by atoms with Crippen molar-refractivity contribution in [3.63, 3.8) is 0 Å². The Morgan fingerprint density at radius 2 is 2.11 bits per heavy atom. The first-order valence-electron chi connectivity index (χ1n) is 6.72. The average Bonchev–Trinajstić information content (AvgIpc) is 2.46. The quantitative estimate of drug-likeness (QED) is 0.850. The van der Waals surface area contributed by atoms with E-state index in [2.05, 4.69) is 26.7 Å². The van der Waals surface area contributed by atoms with Crippen LogP contribution >= 0.6 is 11.6 Å². The van der Waals surface area contributed by atoms with Crippen LogP contribution in [0, 0.1) is 0 Å². The molecule has 19 heavy (non-hydrogen) atoms. The number of anilines is 1. The minimum Gasteiger partial charge on any atom is -0.391 e.